The number of fused-ring (bicyclic) bond motifs is 13. The molecule has 0 bridgehead atoms. The number of hydrogen-bond acceptors (Lipinski definition) is 2. The summed E-state index contributed by atoms with van der Waals surface area (Å²) in [4.78, 5) is 4.96. The van der Waals surface area contributed by atoms with Crippen LogP contribution in [0.2, 0.25) is 0 Å². The highest BCUT2D eigenvalue weighted by Crippen LogP contribution is 2.66. The molecule has 0 aliphatic heterocycles. The van der Waals surface area contributed by atoms with E-state index in [2.05, 4.69) is 291 Å². The van der Waals surface area contributed by atoms with Crippen LogP contribution in [0, 0.1) is 0 Å². The van der Waals surface area contributed by atoms with Crippen LogP contribution in [0.25, 0.3) is 55.6 Å². The smallest absolute Gasteiger partial charge is 0.0746 e. The Morgan fingerprint density at radius 1 is 0.250 bits per heavy atom. The summed E-state index contributed by atoms with van der Waals surface area (Å²) in [6.45, 7) is 4.72. The standard InChI is InChI=1S/C70H50N2/c1-69(2)62-33-16-12-29-56(62)60-42-41-54(46-66(60)69)71(50-24-8-4-9-25-50)52-39-37-48(38-40-52)55-43-44-61-59-32-15-19-36-65(59)70(63-34-17-13-30-57(63)58-31-14-18-35-64(58)70)67(61)68(55)72(51-26-10-5-11-27-51)53-28-20-23-49(45-53)47-21-6-3-7-22-47/h3-46H,1-2H3. The molecule has 0 atom stereocenters. The molecule has 0 saturated heterocycles. The van der Waals surface area contributed by atoms with E-state index in [0.29, 0.717) is 0 Å². The van der Waals surface area contributed by atoms with Crippen molar-refractivity contribution in [1.29, 1.82) is 0 Å². The zero-order valence-electron chi connectivity index (χ0n) is 40.3. The molecule has 340 valence electrons. The van der Waals surface area contributed by atoms with Gasteiger partial charge in [0.15, 0.2) is 0 Å². The molecular weight excluding hydrogens is 869 g/mol. The Kier molecular flexibility index (Phi) is 9.50. The van der Waals surface area contributed by atoms with Gasteiger partial charge in [0.05, 0.1) is 11.1 Å². The van der Waals surface area contributed by atoms with Crippen molar-refractivity contribution in [2.45, 2.75) is 24.7 Å². The van der Waals surface area contributed by atoms with Gasteiger partial charge >= 0.3 is 0 Å². The second-order valence-corrected chi connectivity index (χ2v) is 20.0. The number of nitrogens with zero attached hydrogens (tertiary/aromatic N) is 2. The van der Waals surface area contributed by atoms with Crippen LogP contribution < -0.4 is 9.80 Å². The highest BCUT2D eigenvalue weighted by Gasteiger charge is 2.54. The van der Waals surface area contributed by atoms with Gasteiger partial charge in [-0.05, 0) is 139 Å². The quantitative estimate of drug-likeness (QED) is 0.150. The summed E-state index contributed by atoms with van der Waals surface area (Å²) in [6, 6.07) is 99.1. The van der Waals surface area contributed by atoms with Gasteiger partial charge in [0.1, 0.15) is 0 Å². The van der Waals surface area contributed by atoms with Gasteiger partial charge in [-0.1, -0.05) is 220 Å². The number of hydrogen-bond donors (Lipinski definition) is 0. The average Bonchev–Trinajstić information content (AvgIpc) is 4.00. The van der Waals surface area contributed by atoms with Crippen LogP contribution in [-0.4, -0.2) is 0 Å². The Hall–Kier alpha value is -8.98. The summed E-state index contributed by atoms with van der Waals surface area (Å²) in [5, 5.41) is 0. The minimum Gasteiger partial charge on any atom is -0.310 e. The van der Waals surface area contributed by atoms with Gasteiger partial charge in [0, 0.05) is 45.0 Å². The molecule has 0 saturated carbocycles. The van der Waals surface area contributed by atoms with Crippen molar-refractivity contribution in [3.8, 4) is 55.6 Å². The van der Waals surface area contributed by atoms with E-state index in [4.69, 9.17) is 0 Å². The first-order valence-electron chi connectivity index (χ1n) is 25.2. The van der Waals surface area contributed by atoms with E-state index in [0.717, 1.165) is 39.6 Å². The summed E-state index contributed by atoms with van der Waals surface area (Å²) in [7, 11) is 0. The second-order valence-electron chi connectivity index (χ2n) is 20.0. The number of para-hydroxylation sites is 2. The largest absolute Gasteiger partial charge is 0.310 e. The molecule has 3 aliphatic rings. The lowest BCUT2D eigenvalue weighted by Crippen LogP contribution is -2.28. The molecule has 0 N–H and O–H groups in total. The van der Waals surface area contributed by atoms with Crippen molar-refractivity contribution in [2.75, 3.05) is 9.80 Å². The zero-order valence-corrected chi connectivity index (χ0v) is 40.3. The van der Waals surface area contributed by atoms with Crippen molar-refractivity contribution in [1.82, 2.24) is 0 Å². The zero-order chi connectivity index (χ0) is 48.0. The number of benzene rings is 11. The Morgan fingerprint density at radius 3 is 1.26 bits per heavy atom. The molecule has 0 radical (unpaired) electrons. The van der Waals surface area contributed by atoms with Crippen molar-refractivity contribution < 1.29 is 0 Å². The van der Waals surface area contributed by atoms with Crippen LogP contribution >= 0.6 is 0 Å². The molecule has 14 rings (SSSR count). The van der Waals surface area contributed by atoms with Crippen molar-refractivity contribution in [3.05, 3.63) is 300 Å². The maximum atomic E-state index is 2.55. The fourth-order valence-electron chi connectivity index (χ4n) is 12.7. The van der Waals surface area contributed by atoms with Gasteiger partial charge in [-0.3, -0.25) is 0 Å². The van der Waals surface area contributed by atoms with Gasteiger partial charge in [-0.2, -0.15) is 0 Å². The minimum absolute atomic E-state index is 0.124. The van der Waals surface area contributed by atoms with Crippen molar-refractivity contribution >= 4 is 34.1 Å². The molecule has 0 aromatic heterocycles. The molecule has 0 heterocycles. The van der Waals surface area contributed by atoms with Crippen LogP contribution in [0.1, 0.15) is 47.2 Å². The molecule has 11 aromatic carbocycles. The van der Waals surface area contributed by atoms with Gasteiger partial charge in [0.25, 0.3) is 0 Å². The predicted molar refractivity (Wildman–Crippen MR) is 301 cm³/mol. The number of anilines is 6. The Morgan fingerprint density at radius 2 is 0.653 bits per heavy atom. The summed E-state index contributed by atoms with van der Waals surface area (Å²) in [6.07, 6.45) is 0. The lowest BCUT2D eigenvalue weighted by atomic mass is 9.69. The van der Waals surface area contributed by atoms with Crippen molar-refractivity contribution in [3.63, 3.8) is 0 Å². The normalized spacial score (nSPS) is 13.6. The van der Waals surface area contributed by atoms with Crippen LogP contribution in [0.3, 0.4) is 0 Å². The topological polar surface area (TPSA) is 6.48 Å². The SMILES string of the molecule is CC1(C)c2ccccc2-c2ccc(N(c3ccccc3)c3ccc(-c4ccc5c(c4N(c4ccccc4)c4cccc(-c6ccccc6)c4)C4(c6ccccc6-c6ccccc64)c4ccccc4-5)cc3)cc21. The fourth-order valence-corrected chi connectivity index (χ4v) is 12.7. The van der Waals surface area contributed by atoms with Gasteiger partial charge < -0.3 is 9.80 Å². The molecule has 72 heavy (non-hydrogen) atoms. The third-order valence-corrected chi connectivity index (χ3v) is 15.9. The molecular formula is C70H50N2. The van der Waals surface area contributed by atoms with Gasteiger partial charge in [-0.15, -0.1) is 0 Å². The van der Waals surface area contributed by atoms with Crippen LogP contribution in [-0.2, 0) is 10.8 Å². The van der Waals surface area contributed by atoms with Gasteiger partial charge in [-0.25, -0.2) is 0 Å². The lowest BCUT2D eigenvalue weighted by molar-refractivity contribution is 0.660. The molecule has 3 aliphatic carbocycles. The Bertz CT molecular complexity index is 3830. The first-order chi connectivity index (χ1) is 35.5. The molecule has 0 unspecified atom stereocenters. The van der Waals surface area contributed by atoms with Gasteiger partial charge in [0.2, 0.25) is 0 Å². The van der Waals surface area contributed by atoms with E-state index >= 15 is 0 Å². The van der Waals surface area contributed by atoms with E-state index < -0.39 is 5.41 Å². The minimum atomic E-state index is -0.598. The molecule has 11 aromatic rings. The van der Waals surface area contributed by atoms with E-state index in [-0.39, 0.29) is 5.41 Å². The molecule has 1 spiro atoms. The Labute approximate surface area is 422 Å². The van der Waals surface area contributed by atoms with E-state index in [9.17, 15) is 0 Å². The van der Waals surface area contributed by atoms with E-state index in [1.165, 1.54) is 83.6 Å². The molecule has 0 fully saturated rings. The highest BCUT2D eigenvalue weighted by atomic mass is 15.2. The van der Waals surface area contributed by atoms with Crippen LogP contribution in [0.15, 0.2) is 267 Å². The first kappa shape index (κ1) is 41.9. The number of rotatable bonds is 8. The lowest BCUT2D eigenvalue weighted by Gasteiger charge is -2.37. The highest BCUT2D eigenvalue weighted by molar-refractivity contribution is 6.04. The third-order valence-electron chi connectivity index (χ3n) is 15.9. The van der Waals surface area contributed by atoms with E-state index in [1.807, 2.05) is 0 Å². The molecule has 2 heteroatoms. The van der Waals surface area contributed by atoms with Crippen LogP contribution in [0.4, 0.5) is 34.1 Å². The molecule has 2 nitrogen and oxygen atoms in total. The summed E-state index contributed by atoms with van der Waals surface area (Å²) >= 11 is 0. The maximum absolute atomic E-state index is 2.55. The molecule has 0 amide bonds. The first-order valence-corrected chi connectivity index (χ1v) is 25.2. The predicted octanol–water partition coefficient (Wildman–Crippen LogP) is 18.6. The monoisotopic (exact) mass is 918 g/mol. The third kappa shape index (κ3) is 6.15. The van der Waals surface area contributed by atoms with E-state index in [1.54, 1.807) is 0 Å². The average molecular weight is 919 g/mol. The van der Waals surface area contributed by atoms with Crippen LogP contribution in [0.5, 0.6) is 0 Å². The summed E-state index contributed by atoms with van der Waals surface area (Å²) in [5.74, 6) is 0. The second kappa shape index (κ2) is 16.3. The maximum Gasteiger partial charge on any atom is 0.0746 e. The fraction of sp³-hybridized carbons (Fsp3) is 0.0571. The Balaban J connectivity index is 1.02. The van der Waals surface area contributed by atoms with Crippen molar-refractivity contribution in [2.24, 2.45) is 0 Å². The summed E-state index contributed by atoms with van der Waals surface area (Å²) in [5.41, 5.74) is 26.3. The summed E-state index contributed by atoms with van der Waals surface area (Å²) < 4.78 is 0.